The fourth-order valence-electron chi connectivity index (χ4n) is 1.79. The number of amides is 1. The van der Waals surface area contributed by atoms with Gasteiger partial charge in [-0.25, -0.2) is 0 Å². The van der Waals surface area contributed by atoms with Crippen molar-refractivity contribution in [3.63, 3.8) is 0 Å². The summed E-state index contributed by atoms with van der Waals surface area (Å²) in [7, 11) is 2.98. The van der Waals surface area contributed by atoms with Gasteiger partial charge >= 0.3 is 0 Å². The predicted molar refractivity (Wildman–Crippen MR) is 83.8 cm³/mol. The molecule has 0 aliphatic carbocycles. The van der Waals surface area contributed by atoms with Crippen molar-refractivity contribution in [1.29, 1.82) is 0 Å². The van der Waals surface area contributed by atoms with Crippen molar-refractivity contribution >= 4 is 23.1 Å². The standard InChI is InChI=1S/C14H20N2O4S/c1-19-9-8-16(7-6-12(15)21)14(18)10-4-3-5-11(20-2)13(10)17/h3-5,17H,6-9H2,1-2H3,(H2,15,21). The summed E-state index contributed by atoms with van der Waals surface area (Å²) in [5.74, 6) is -0.246. The highest BCUT2D eigenvalue weighted by atomic mass is 32.1. The zero-order chi connectivity index (χ0) is 15.8. The molecule has 0 bridgehead atoms. The van der Waals surface area contributed by atoms with Crippen LogP contribution in [0.2, 0.25) is 0 Å². The molecule has 0 fully saturated rings. The van der Waals surface area contributed by atoms with Gasteiger partial charge in [0, 0.05) is 26.6 Å². The lowest BCUT2D eigenvalue weighted by atomic mass is 10.1. The molecular formula is C14H20N2O4S. The number of rotatable bonds is 8. The van der Waals surface area contributed by atoms with E-state index in [1.54, 1.807) is 25.3 Å². The molecule has 1 rings (SSSR count). The van der Waals surface area contributed by atoms with Crippen LogP contribution in [0.5, 0.6) is 11.5 Å². The van der Waals surface area contributed by atoms with E-state index in [0.717, 1.165) is 0 Å². The Hall–Kier alpha value is -1.86. The van der Waals surface area contributed by atoms with Crippen molar-refractivity contribution in [2.75, 3.05) is 33.9 Å². The highest BCUT2D eigenvalue weighted by Gasteiger charge is 2.20. The molecular weight excluding hydrogens is 292 g/mol. The third-order valence-electron chi connectivity index (χ3n) is 2.93. The number of nitrogens with two attached hydrogens (primary N) is 1. The second kappa shape index (κ2) is 8.43. The molecule has 0 atom stereocenters. The van der Waals surface area contributed by atoms with E-state index < -0.39 is 0 Å². The summed E-state index contributed by atoms with van der Waals surface area (Å²) in [5, 5.41) is 10.1. The molecule has 0 aromatic heterocycles. The number of aromatic hydroxyl groups is 1. The van der Waals surface area contributed by atoms with E-state index >= 15 is 0 Å². The number of benzene rings is 1. The highest BCUT2D eigenvalue weighted by molar-refractivity contribution is 7.80. The summed E-state index contributed by atoms with van der Waals surface area (Å²) in [6.45, 7) is 1.14. The summed E-state index contributed by atoms with van der Waals surface area (Å²) in [4.78, 5) is 14.4. The van der Waals surface area contributed by atoms with Gasteiger partial charge < -0.3 is 25.2 Å². The first-order chi connectivity index (χ1) is 10.0. The number of carbonyl (C=O) groups is 1. The van der Waals surface area contributed by atoms with Gasteiger partial charge in [-0.05, 0) is 12.1 Å². The summed E-state index contributed by atoms with van der Waals surface area (Å²) < 4.78 is 10.0. The van der Waals surface area contributed by atoms with Crippen molar-refractivity contribution in [3.8, 4) is 11.5 Å². The molecule has 1 aromatic carbocycles. The van der Waals surface area contributed by atoms with E-state index in [0.29, 0.717) is 31.1 Å². The van der Waals surface area contributed by atoms with E-state index in [1.165, 1.54) is 12.0 Å². The topological polar surface area (TPSA) is 85.0 Å². The van der Waals surface area contributed by atoms with Crippen molar-refractivity contribution in [3.05, 3.63) is 23.8 Å². The molecule has 0 heterocycles. The number of phenolic OH excluding ortho intramolecular Hbond substituents is 1. The molecule has 6 nitrogen and oxygen atoms in total. The number of para-hydroxylation sites is 1. The van der Waals surface area contributed by atoms with Crippen LogP contribution in [0.1, 0.15) is 16.8 Å². The summed E-state index contributed by atoms with van der Waals surface area (Å²) in [6, 6.07) is 4.77. The maximum Gasteiger partial charge on any atom is 0.257 e. The SMILES string of the molecule is COCCN(CCC(N)=S)C(=O)c1cccc(OC)c1O. The largest absolute Gasteiger partial charge is 0.504 e. The van der Waals surface area contributed by atoms with Gasteiger partial charge in [-0.3, -0.25) is 4.79 Å². The normalized spacial score (nSPS) is 10.2. The lowest BCUT2D eigenvalue weighted by Gasteiger charge is -2.23. The van der Waals surface area contributed by atoms with E-state index in [9.17, 15) is 9.90 Å². The second-order valence-corrected chi connectivity index (χ2v) is 4.88. The zero-order valence-corrected chi connectivity index (χ0v) is 13.0. The number of carbonyl (C=O) groups excluding carboxylic acids is 1. The van der Waals surface area contributed by atoms with Gasteiger partial charge in [0.05, 0.1) is 24.3 Å². The van der Waals surface area contributed by atoms with Crippen molar-refractivity contribution < 1.29 is 19.4 Å². The van der Waals surface area contributed by atoms with Crippen molar-refractivity contribution in [1.82, 2.24) is 4.90 Å². The van der Waals surface area contributed by atoms with E-state index in [2.05, 4.69) is 0 Å². The Kier molecular flexibility index (Phi) is 6.90. The van der Waals surface area contributed by atoms with Gasteiger partial charge in [0.2, 0.25) is 0 Å². The number of nitrogens with zero attached hydrogens (tertiary/aromatic N) is 1. The molecule has 3 N–H and O–H groups in total. The van der Waals surface area contributed by atoms with Crippen LogP contribution in [0.3, 0.4) is 0 Å². The molecule has 0 saturated carbocycles. The lowest BCUT2D eigenvalue weighted by Crippen LogP contribution is -2.36. The van der Waals surface area contributed by atoms with Crippen LogP contribution in [-0.2, 0) is 4.74 Å². The average molecular weight is 312 g/mol. The molecule has 0 unspecified atom stereocenters. The first-order valence-electron chi connectivity index (χ1n) is 6.43. The first kappa shape index (κ1) is 17.2. The molecule has 21 heavy (non-hydrogen) atoms. The van der Waals surface area contributed by atoms with Gasteiger partial charge in [-0.15, -0.1) is 0 Å². The van der Waals surface area contributed by atoms with Crippen LogP contribution in [-0.4, -0.2) is 54.8 Å². The van der Waals surface area contributed by atoms with Gasteiger partial charge in [-0.1, -0.05) is 18.3 Å². The van der Waals surface area contributed by atoms with Crippen LogP contribution in [0.25, 0.3) is 0 Å². The van der Waals surface area contributed by atoms with Gasteiger partial charge in [0.15, 0.2) is 11.5 Å². The minimum absolute atomic E-state index is 0.174. The van der Waals surface area contributed by atoms with Gasteiger partial charge in [0.1, 0.15) is 0 Å². The highest BCUT2D eigenvalue weighted by Crippen LogP contribution is 2.30. The Labute approximate surface area is 129 Å². The number of hydrogen-bond donors (Lipinski definition) is 2. The van der Waals surface area contributed by atoms with Gasteiger partial charge in [0.25, 0.3) is 5.91 Å². The molecule has 0 aliphatic heterocycles. The van der Waals surface area contributed by atoms with E-state index in [-0.39, 0.29) is 23.0 Å². The molecule has 0 spiro atoms. The minimum atomic E-state index is -0.320. The van der Waals surface area contributed by atoms with Crippen LogP contribution in [0.15, 0.2) is 18.2 Å². The summed E-state index contributed by atoms with van der Waals surface area (Å²) in [5.41, 5.74) is 5.65. The first-order valence-corrected chi connectivity index (χ1v) is 6.84. The fraction of sp³-hybridized carbons (Fsp3) is 0.429. The number of thiocarbonyl (C=S) groups is 1. The quantitative estimate of drug-likeness (QED) is 0.701. The molecule has 1 aromatic rings. The smallest absolute Gasteiger partial charge is 0.257 e. The summed E-state index contributed by atoms with van der Waals surface area (Å²) >= 11 is 4.83. The number of ether oxygens (including phenoxy) is 2. The number of methoxy groups -OCH3 is 2. The van der Waals surface area contributed by atoms with Crippen LogP contribution >= 0.6 is 12.2 Å². The lowest BCUT2D eigenvalue weighted by molar-refractivity contribution is 0.0697. The Morgan fingerprint density at radius 1 is 1.38 bits per heavy atom. The predicted octanol–water partition coefficient (Wildman–Crippen LogP) is 1.17. The van der Waals surface area contributed by atoms with Crippen LogP contribution in [0, 0.1) is 0 Å². The maximum absolute atomic E-state index is 12.5. The van der Waals surface area contributed by atoms with E-state index in [4.69, 9.17) is 27.4 Å². The van der Waals surface area contributed by atoms with E-state index in [1.807, 2.05) is 0 Å². The fourth-order valence-corrected chi connectivity index (χ4v) is 1.88. The summed E-state index contributed by atoms with van der Waals surface area (Å²) in [6.07, 6.45) is 0.412. The maximum atomic E-state index is 12.5. The average Bonchev–Trinajstić information content (AvgIpc) is 2.46. The minimum Gasteiger partial charge on any atom is -0.504 e. The molecule has 7 heteroatoms. The molecule has 0 aliphatic rings. The van der Waals surface area contributed by atoms with Crippen LogP contribution < -0.4 is 10.5 Å². The molecule has 1 amide bonds. The van der Waals surface area contributed by atoms with Crippen LogP contribution in [0.4, 0.5) is 0 Å². The Bertz CT molecular complexity index is 508. The molecule has 0 saturated heterocycles. The van der Waals surface area contributed by atoms with Gasteiger partial charge in [-0.2, -0.15) is 0 Å². The monoisotopic (exact) mass is 312 g/mol. The van der Waals surface area contributed by atoms with Crippen molar-refractivity contribution in [2.24, 2.45) is 5.73 Å². The Balaban J connectivity index is 2.95. The molecule has 116 valence electrons. The van der Waals surface area contributed by atoms with Crippen molar-refractivity contribution in [2.45, 2.75) is 6.42 Å². The Morgan fingerprint density at radius 3 is 2.67 bits per heavy atom. The third-order valence-corrected chi connectivity index (χ3v) is 3.13. The zero-order valence-electron chi connectivity index (χ0n) is 12.2. The molecule has 0 radical (unpaired) electrons. The second-order valence-electron chi connectivity index (χ2n) is 4.36. The Morgan fingerprint density at radius 2 is 2.10 bits per heavy atom. The number of hydrogen-bond acceptors (Lipinski definition) is 5. The third kappa shape index (κ3) is 4.87. The number of phenols is 1.